The highest BCUT2D eigenvalue weighted by atomic mass is 28.5. The molecule has 1 rings (SSSR count). The summed E-state index contributed by atoms with van der Waals surface area (Å²) in [7, 11) is -10.6. The highest BCUT2D eigenvalue weighted by Gasteiger charge is 2.59. The van der Waals surface area contributed by atoms with Gasteiger partial charge in [-0.05, 0) is 20.8 Å². The molecule has 0 aromatic carbocycles. The van der Waals surface area contributed by atoms with Crippen molar-refractivity contribution in [2.45, 2.75) is 75.2 Å². The molecule has 0 N–H and O–H groups in total. The number of rotatable bonds is 9. The van der Waals surface area contributed by atoms with Gasteiger partial charge in [-0.25, -0.2) is 39.5 Å². The van der Waals surface area contributed by atoms with Gasteiger partial charge in [0, 0.05) is 0 Å². The van der Waals surface area contributed by atoms with Crippen LogP contribution in [-0.2, 0) is 12.3 Å². The molecule has 0 aromatic rings. The third-order valence-electron chi connectivity index (χ3n) is 4.12. The summed E-state index contributed by atoms with van der Waals surface area (Å²) in [6, 6.07) is -4.49. The Bertz CT molecular complexity index is 472. The summed E-state index contributed by atoms with van der Waals surface area (Å²) in [6.07, 6.45) is -8.14. The van der Waals surface area contributed by atoms with Crippen LogP contribution in [0, 0.1) is 0 Å². The van der Waals surface area contributed by atoms with Gasteiger partial charge < -0.3 is 12.3 Å². The minimum Gasteiger partial charge on any atom is -0.422 e. The van der Waals surface area contributed by atoms with Gasteiger partial charge in [0.15, 0.2) is 18.5 Å². The molecule has 162 valence electrons. The number of alkyl halides is 9. The van der Waals surface area contributed by atoms with Crippen LogP contribution >= 0.6 is 0 Å². The molecule has 0 amide bonds. The smallest absolute Gasteiger partial charge is 0.332 e. The van der Waals surface area contributed by atoms with E-state index in [1.807, 2.05) is 0 Å². The fourth-order valence-corrected chi connectivity index (χ4v) is 13.5. The second-order valence-electron chi connectivity index (χ2n) is 6.58. The van der Waals surface area contributed by atoms with E-state index in [0.717, 1.165) is 0 Å². The highest BCUT2D eigenvalue weighted by Crippen LogP contribution is 2.42. The first-order valence-electron chi connectivity index (χ1n) is 8.02. The number of halogens is 9. The summed E-state index contributed by atoms with van der Waals surface area (Å²) in [5.74, 6) is -12.2. The van der Waals surface area contributed by atoms with Crippen LogP contribution < -0.4 is 0 Å². The summed E-state index contributed by atoms with van der Waals surface area (Å²) in [5, 5.41) is 0. The van der Waals surface area contributed by atoms with Crippen molar-refractivity contribution in [3.05, 3.63) is 0 Å². The molecule has 0 radical (unpaired) electrons. The lowest BCUT2D eigenvalue weighted by atomic mass is 10.3. The SMILES string of the molecule is CC(F)C(F)(F)C[SiH]1O[SiH2]O[Si](CC(F)(F)C(C)F)(CC(F)(F)C(C)F)O1. The molecule has 1 saturated heterocycles. The molecule has 0 aliphatic carbocycles. The second kappa shape index (κ2) is 8.73. The van der Waals surface area contributed by atoms with Crippen LogP contribution in [0.25, 0.3) is 0 Å². The maximum absolute atomic E-state index is 13.9. The number of hydrogen-bond acceptors (Lipinski definition) is 3. The Hall–Kier alpha value is -0.0994. The number of hydrogen-bond donors (Lipinski definition) is 0. The quantitative estimate of drug-likeness (QED) is 0.382. The van der Waals surface area contributed by atoms with Crippen molar-refractivity contribution < 1.29 is 51.9 Å². The molecule has 1 fully saturated rings. The monoisotopic (exact) mass is 468 g/mol. The molecule has 3 nitrogen and oxygen atoms in total. The fourth-order valence-electron chi connectivity index (χ4n) is 2.26. The van der Waals surface area contributed by atoms with Gasteiger partial charge in [-0.1, -0.05) is 0 Å². The van der Waals surface area contributed by atoms with Gasteiger partial charge in [0.25, 0.3) is 27.8 Å². The summed E-state index contributed by atoms with van der Waals surface area (Å²) < 4.78 is 137. The van der Waals surface area contributed by atoms with E-state index in [1.165, 1.54) is 0 Å². The van der Waals surface area contributed by atoms with Crippen LogP contribution in [0.3, 0.4) is 0 Å². The Morgan fingerprint density at radius 3 is 1.59 bits per heavy atom. The lowest BCUT2D eigenvalue weighted by molar-refractivity contribution is -0.0669. The first kappa shape index (κ1) is 24.9. The van der Waals surface area contributed by atoms with E-state index in [0.29, 0.717) is 20.8 Å². The Morgan fingerprint density at radius 2 is 1.22 bits per heavy atom. The van der Waals surface area contributed by atoms with Gasteiger partial charge in [-0.3, -0.25) is 0 Å². The molecular weight excluding hydrogens is 447 g/mol. The summed E-state index contributed by atoms with van der Waals surface area (Å²) in [4.78, 5) is 0. The minimum absolute atomic E-state index is 0.489. The molecule has 1 aliphatic rings. The molecule has 0 saturated carbocycles. The Balaban J connectivity index is 3.13. The lowest BCUT2D eigenvalue weighted by Gasteiger charge is -2.42. The zero-order valence-electron chi connectivity index (χ0n) is 14.8. The fraction of sp³-hybridized carbons (Fsp3) is 1.00. The first-order valence-corrected chi connectivity index (χ1v) is 13.2. The molecule has 15 heteroatoms. The van der Waals surface area contributed by atoms with Crippen molar-refractivity contribution >= 4 is 27.9 Å². The third kappa shape index (κ3) is 6.73. The maximum atomic E-state index is 13.9. The normalized spacial score (nSPS) is 29.6. The highest BCUT2D eigenvalue weighted by molar-refractivity contribution is 6.80. The summed E-state index contributed by atoms with van der Waals surface area (Å²) >= 11 is 0. The molecule has 27 heavy (non-hydrogen) atoms. The zero-order chi connectivity index (χ0) is 21.3. The van der Waals surface area contributed by atoms with E-state index < -0.39 is 82.3 Å². The minimum atomic E-state index is -4.71. The van der Waals surface area contributed by atoms with Gasteiger partial charge in [-0.15, -0.1) is 0 Å². The summed E-state index contributed by atoms with van der Waals surface area (Å²) in [6.45, 7) is 1.54. The van der Waals surface area contributed by atoms with Gasteiger partial charge in [0.05, 0.1) is 18.1 Å². The van der Waals surface area contributed by atoms with Gasteiger partial charge in [0.1, 0.15) is 0 Å². The van der Waals surface area contributed by atoms with Crippen molar-refractivity contribution in [2.24, 2.45) is 0 Å². The molecule has 0 spiro atoms. The third-order valence-corrected chi connectivity index (χ3v) is 14.4. The topological polar surface area (TPSA) is 27.7 Å². The largest absolute Gasteiger partial charge is 0.422 e. The molecule has 0 aromatic heterocycles. The van der Waals surface area contributed by atoms with Crippen molar-refractivity contribution in [1.82, 2.24) is 0 Å². The van der Waals surface area contributed by atoms with Crippen LogP contribution in [0.4, 0.5) is 39.5 Å². The predicted octanol–water partition coefficient (Wildman–Crippen LogP) is 3.69. The molecule has 4 unspecified atom stereocenters. The Kier molecular flexibility index (Phi) is 8.06. The van der Waals surface area contributed by atoms with E-state index in [-0.39, 0.29) is 0 Å². The van der Waals surface area contributed by atoms with Crippen LogP contribution in [-0.4, -0.2) is 64.1 Å². The van der Waals surface area contributed by atoms with Crippen LogP contribution in [0.1, 0.15) is 20.8 Å². The molecule has 0 bridgehead atoms. The van der Waals surface area contributed by atoms with E-state index in [2.05, 4.69) is 0 Å². The molecular formula is C12H21F9O3Si3. The Labute approximate surface area is 155 Å². The van der Waals surface area contributed by atoms with Crippen LogP contribution in [0.2, 0.25) is 18.1 Å². The molecule has 1 heterocycles. The van der Waals surface area contributed by atoms with E-state index >= 15 is 0 Å². The average Bonchev–Trinajstić information content (AvgIpc) is 2.44. The average molecular weight is 469 g/mol. The standard InChI is InChI=1S/C12H21F9O3Si3/c1-7(13)10(16,17)4-26-22-25-23-27(24-26,5-11(18,19)8(2)14)6-12(20,21)9(3)15/h7-9,26H,4-6,25H2,1-3H3. The van der Waals surface area contributed by atoms with Gasteiger partial charge in [-0.2, -0.15) is 0 Å². The lowest BCUT2D eigenvalue weighted by Crippen LogP contribution is -2.61. The van der Waals surface area contributed by atoms with Crippen molar-refractivity contribution in [3.63, 3.8) is 0 Å². The maximum Gasteiger partial charge on any atom is 0.332 e. The van der Waals surface area contributed by atoms with Crippen LogP contribution in [0.15, 0.2) is 0 Å². The zero-order valence-corrected chi connectivity index (χ0v) is 18.3. The van der Waals surface area contributed by atoms with E-state index in [9.17, 15) is 39.5 Å². The second-order valence-corrected chi connectivity index (χ2v) is 14.0. The van der Waals surface area contributed by atoms with Crippen molar-refractivity contribution in [3.8, 4) is 0 Å². The molecule has 4 atom stereocenters. The molecule has 1 aliphatic heterocycles. The van der Waals surface area contributed by atoms with E-state index in [4.69, 9.17) is 12.3 Å². The van der Waals surface area contributed by atoms with E-state index in [1.54, 1.807) is 0 Å². The van der Waals surface area contributed by atoms with Crippen molar-refractivity contribution in [2.75, 3.05) is 0 Å². The predicted molar refractivity (Wildman–Crippen MR) is 85.7 cm³/mol. The van der Waals surface area contributed by atoms with Crippen LogP contribution in [0.5, 0.6) is 0 Å². The van der Waals surface area contributed by atoms with Crippen molar-refractivity contribution in [1.29, 1.82) is 0 Å². The van der Waals surface area contributed by atoms with Gasteiger partial charge in [0.2, 0.25) is 0 Å². The summed E-state index contributed by atoms with van der Waals surface area (Å²) in [5.41, 5.74) is 0. The Morgan fingerprint density at radius 1 is 0.815 bits per heavy atom. The first-order chi connectivity index (χ1) is 12.0. The van der Waals surface area contributed by atoms with Gasteiger partial charge >= 0.3 is 17.8 Å².